The lowest BCUT2D eigenvalue weighted by Gasteiger charge is -2.06. The first-order valence-electron chi connectivity index (χ1n) is 4.26. The molecule has 1 unspecified atom stereocenters. The molecule has 0 saturated carbocycles. The van der Waals surface area contributed by atoms with Crippen molar-refractivity contribution in [2.45, 2.75) is 6.42 Å². The fourth-order valence-electron chi connectivity index (χ4n) is 1.16. The molecule has 0 radical (unpaired) electrons. The molecule has 0 saturated heterocycles. The van der Waals surface area contributed by atoms with Gasteiger partial charge in [-0.25, -0.2) is 0 Å². The van der Waals surface area contributed by atoms with E-state index in [-0.39, 0.29) is 5.75 Å². The standard InChI is InChI=1S/C11H12O3/c1-2-9(11(13)14)7-8-3-5-10(12)6-4-8/h2-6,9,12H,1,7H2,(H,13,14). The summed E-state index contributed by atoms with van der Waals surface area (Å²) >= 11 is 0. The molecule has 0 aliphatic carbocycles. The highest BCUT2D eigenvalue weighted by Gasteiger charge is 2.13. The maximum atomic E-state index is 10.7. The van der Waals surface area contributed by atoms with Crippen molar-refractivity contribution < 1.29 is 15.0 Å². The van der Waals surface area contributed by atoms with Gasteiger partial charge in [-0.05, 0) is 24.1 Å². The zero-order valence-corrected chi connectivity index (χ0v) is 7.68. The fraction of sp³-hybridized carbons (Fsp3) is 0.182. The van der Waals surface area contributed by atoms with Gasteiger partial charge in [0.15, 0.2) is 0 Å². The van der Waals surface area contributed by atoms with E-state index in [1.54, 1.807) is 12.1 Å². The first-order valence-corrected chi connectivity index (χ1v) is 4.26. The lowest BCUT2D eigenvalue weighted by atomic mass is 10.00. The summed E-state index contributed by atoms with van der Waals surface area (Å²) in [7, 11) is 0. The van der Waals surface area contributed by atoms with Crippen LogP contribution in [-0.4, -0.2) is 16.2 Å². The maximum Gasteiger partial charge on any atom is 0.310 e. The number of benzene rings is 1. The van der Waals surface area contributed by atoms with Gasteiger partial charge in [0.2, 0.25) is 0 Å². The molecular weight excluding hydrogens is 180 g/mol. The van der Waals surface area contributed by atoms with Gasteiger partial charge in [0.05, 0.1) is 5.92 Å². The average Bonchev–Trinajstić information content (AvgIpc) is 2.16. The molecule has 1 rings (SSSR count). The van der Waals surface area contributed by atoms with Gasteiger partial charge in [-0.3, -0.25) is 4.79 Å². The van der Waals surface area contributed by atoms with Crippen LogP contribution < -0.4 is 0 Å². The molecule has 3 nitrogen and oxygen atoms in total. The second-order valence-electron chi connectivity index (χ2n) is 3.05. The number of hydrogen-bond acceptors (Lipinski definition) is 2. The van der Waals surface area contributed by atoms with Crippen LogP contribution in [0.15, 0.2) is 36.9 Å². The first-order chi connectivity index (χ1) is 6.63. The van der Waals surface area contributed by atoms with Crippen LogP contribution in [0.1, 0.15) is 5.56 Å². The number of carboxylic acid groups (broad SMARTS) is 1. The Kier molecular flexibility index (Phi) is 3.29. The van der Waals surface area contributed by atoms with Crippen molar-refractivity contribution in [3.05, 3.63) is 42.5 Å². The van der Waals surface area contributed by atoms with E-state index in [9.17, 15) is 4.79 Å². The Morgan fingerprint density at radius 1 is 1.43 bits per heavy atom. The highest BCUT2D eigenvalue weighted by Crippen LogP contribution is 2.14. The Morgan fingerprint density at radius 2 is 2.00 bits per heavy atom. The highest BCUT2D eigenvalue weighted by molar-refractivity contribution is 5.72. The van der Waals surface area contributed by atoms with Crippen molar-refractivity contribution in [2.24, 2.45) is 5.92 Å². The van der Waals surface area contributed by atoms with Crippen LogP contribution in [0.5, 0.6) is 5.75 Å². The molecule has 0 amide bonds. The molecule has 3 heteroatoms. The molecule has 14 heavy (non-hydrogen) atoms. The van der Waals surface area contributed by atoms with E-state index in [2.05, 4.69) is 6.58 Å². The summed E-state index contributed by atoms with van der Waals surface area (Å²) in [6, 6.07) is 6.48. The molecule has 1 aromatic rings. The minimum Gasteiger partial charge on any atom is -0.508 e. The van der Waals surface area contributed by atoms with Crippen LogP contribution in [0.2, 0.25) is 0 Å². The molecule has 74 valence electrons. The molecule has 0 fully saturated rings. The normalized spacial score (nSPS) is 12.0. The Balaban J connectivity index is 2.72. The summed E-state index contributed by atoms with van der Waals surface area (Å²) in [5, 5.41) is 17.8. The Labute approximate surface area is 82.3 Å². The maximum absolute atomic E-state index is 10.7. The monoisotopic (exact) mass is 192 g/mol. The summed E-state index contributed by atoms with van der Waals surface area (Å²) < 4.78 is 0. The second-order valence-corrected chi connectivity index (χ2v) is 3.05. The zero-order chi connectivity index (χ0) is 10.6. The fourth-order valence-corrected chi connectivity index (χ4v) is 1.16. The number of aliphatic carboxylic acids is 1. The van der Waals surface area contributed by atoms with Crippen molar-refractivity contribution in [3.63, 3.8) is 0 Å². The third kappa shape index (κ3) is 2.62. The number of rotatable bonds is 4. The molecule has 0 spiro atoms. The van der Waals surface area contributed by atoms with Crippen molar-refractivity contribution in [3.8, 4) is 5.75 Å². The second kappa shape index (κ2) is 4.46. The van der Waals surface area contributed by atoms with Crippen molar-refractivity contribution in [2.75, 3.05) is 0 Å². The van der Waals surface area contributed by atoms with Gasteiger partial charge in [0.1, 0.15) is 5.75 Å². The first kappa shape index (κ1) is 10.3. The van der Waals surface area contributed by atoms with Crippen LogP contribution in [0.4, 0.5) is 0 Å². The number of carboxylic acids is 1. The van der Waals surface area contributed by atoms with Crippen LogP contribution in [0.3, 0.4) is 0 Å². The molecule has 0 aliphatic rings. The van der Waals surface area contributed by atoms with Gasteiger partial charge >= 0.3 is 5.97 Å². The summed E-state index contributed by atoms with van der Waals surface area (Å²) in [5.74, 6) is -1.27. The molecule has 0 aromatic heterocycles. The third-order valence-electron chi connectivity index (χ3n) is 1.99. The van der Waals surface area contributed by atoms with Crippen LogP contribution >= 0.6 is 0 Å². The SMILES string of the molecule is C=CC(Cc1ccc(O)cc1)C(=O)O. The summed E-state index contributed by atoms with van der Waals surface area (Å²) in [5.41, 5.74) is 0.870. The number of phenolic OH excluding ortho intramolecular Hbond substituents is 1. The minimum atomic E-state index is -0.881. The van der Waals surface area contributed by atoms with Gasteiger partial charge in [-0.1, -0.05) is 18.2 Å². The van der Waals surface area contributed by atoms with E-state index >= 15 is 0 Å². The lowest BCUT2D eigenvalue weighted by Crippen LogP contribution is -2.13. The number of carbonyl (C=O) groups is 1. The van der Waals surface area contributed by atoms with E-state index in [0.29, 0.717) is 6.42 Å². The number of hydrogen-bond donors (Lipinski definition) is 2. The molecule has 0 aliphatic heterocycles. The van der Waals surface area contributed by atoms with E-state index < -0.39 is 11.9 Å². The van der Waals surface area contributed by atoms with Gasteiger partial charge in [-0.2, -0.15) is 0 Å². The summed E-state index contributed by atoms with van der Waals surface area (Å²) in [6.45, 7) is 3.47. The Hall–Kier alpha value is -1.77. The molecular formula is C11H12O3. The largest absolute Gasteiger partial charge is 0.508 e. The van der Waals surface area contributed by atoms with Gasteiger partial charge in [-0.15, -0.1) is 6.58 Å². The summed E-state index contributed by atoms with van der Waals surface area (Å²) in [6.07, 6.45) is 1.81. The Morgan fingerprint density at radius 3 is 2.43 bits per heavy atom. The number of aromatic hydroxyl groups is 1. The van der Waals surface area contributed by atoms with Gasteiger partial charge < -0.3 is 10.2 Å². The predicted octanol–water partition coefficient (Wildman–Crippen LogP) is 1.82. The number of phenols is 1. The molecule has 2 N–H and O–H groups in total. The van der Waals surface area contributed by atoms with Crippen molar-refractivity contribution in [1.82, 2.24) is 0 Å². The quantitative estimate of drug-likeness (QED) is 0.715. The van der Waals surface area contributed by atoms with E-state index in [1.165, 1.54) is 18.2 Å². The Bertz CT molecular complexity index is 327. The smallest absolute Gasteiger partial charge is 0.310 e. The lowest BCUT2D eigenvalue weighted by molar-refractivity contribution is -0.140. The highest BCUT2D eigenvalue weighted by atomic mass is 16.4. The topological polar surface area (TPSA) is 57.5 Å². The van der Waals surface area contributed by atoms with E-state index in [1.807, 2.05) is 0 Å². The van der Waals surface area contributed by atoms with E-state index in [0.717, 1.165) is 5.56 Å². The minimum absolute atomic E-state index is 0.180. The molecule has 1 atom stereocenters. The van der Waals surface area contributed by atoms with Crippen molar-refractivity contribution in [1.29, 1.82) is 0 Å². The molecule has 0 bridgehead atoms. The van der Waals surface area contributed by atoms with Gasteiger partial charge in [0, 0.05) is 0 Å². The average molecular weight is 192 g/mol. The van der Waals surface area contributed by atoms with Crippen molar-refractivity contribution >= 4 is 5.97 Å². The zero-order valence-electron chi connectivity index (χ0n) is 7.68. The van der Waals surface area contributed by atoms with Crippen LogP contribution in [0, 0.1) is 5.92 Å². The van der Waals surface area contributed by atoms with Gasteiger partial charge in [0.25, 0.3) is 0 Å². The predicted molar refractivity (Wildman–Crippen MR) is 53.1 cm³/mol. The van der Waals surface area contributed by atoms with Crippen LogP contribution in [-0.2, 0) is 11.2 Å². The molecule has 0 heterocycles. The third-order valence-corrected chi connectivity index (χ3v) is 1.99. The molecule has 1 aromatic carbocycles. The summed E-state index contributed by atoms with van der Waals surface area (Å²) in [4.78, 5) is 10.7. The van der Waals surface area contributed by atoms with E-state index in [4.69, 9.17) is 10.2 Å². The van der Waals surface area contributed by atoms with Crippen LogP contribution in [0.25, 0.3) is 0 Å².